The molecule has 13 heavy (non-hydrogen) atoms. The monoisotopic (exact) mass is 196 g/mol. The lowest BCUT2D eigenvalue weighted by atomic mass is 10.1. The van der Waals surface area contributed by atoms with Crippen LogP contribution in [0.5, 0.6) is 11.5 Å². The highest BCUT2D eigenvalue weighted by Crippen LogP contribution is 2.38. The zero-order valence-electron chi connectivity index (χ0n) is 7.21. The van der Waals surface area contributed by atoms with Gasteiger partial charge in [0.2, 0.25) is 0 Å². The van der Waals surface area contributed by atoms with Gasteiger partial charge < -0.3 is 9.47 Å². The van der Waals surface area contributed by atoms with Crippen LogP contribution in [0.4, 0.5) is 0 Å². The van der Waals surface area contributed by atoms with Crippen LogP contribution < -0.4 is 9.47 Å². The molecule has 2 nitrogen and oxygen atoms in total. The molecule has 2 rings (SSSR count). The fraction of sp³-hybridized carbons (Fsp3) is 0.200. The van der Waals surface area contributed by atoms with E-state index < -0.39 is 0 Å². The number of halogens is 1. The molecule has 0 unspecified atom stereocenters. The van der Waals surface area contributed by atoms with E-state index in [4.69, 9.17) is 21.1 Å². The summed E-state index contributed by atoms with van der Waals surface area (Å²) in [5.74, 6) is 1.46. The maximum atomic E-state index is 6.00. The van der Waals surface area contributed by atoms with Crippen molar-refractivity contribution in [1.82, 2.24) is 0 Å². The number of rotatable bonds is 1. The van der Waals surface area contributed by atoms with E-state index in [0.29, 0.717) is 6.61 Å². The Morgan fingerprint density at radius 1 is 1.46 bits per heavy atom. The third-order valence-corrected chi connectivity index (χ3v) is 2.30. The number of methoxy groups -OCH3 is 1. The molecule has 0 aliphatic carbocycles. The van der Waals surface area contributed by atoms with Gasteiger partial charge in [-0.05, 0) is 18.2 Å². The fourth-order valence-corrected chi connectivity index (χ4v) is 1.53. The molecule has 0 radical (unpaired) electrons. The summed E-state index contributed by atoms with van der Waals surface area (Å²) >= 11 is 6.00. The minimum atomic E-state index is 0.506. The van der Waals surface area contributed by atoms with Crippen molar-refractivity contribution in [3.63, 3.8) is 0 Å². The smallest absolute Gasteiger partial charge is 0.170 e. The largest absolute Gasteiger partial charge is 0.493 e. The van der Waals surface area contributed by atoms with Crippen LogP contribution in [0.15, 0.2) is 24.3 Å². The molecule has 0 fully saturated rings. The second-order valence-corrected chi connectivity index (χ2v) is 3.11. The highest BCUT2D eigenvalue weighted by Gasteiger charge is 2.15. The molecule has 1 aromatic rings. The summed E-state index contributed by atoms with van der Waals surface area (Å²) in [6, 6.07) is 5.66. The predicted octanol–water partition coefficient (Wildman–Crippen LogP) is 2.67. The third kappa shape index (κ3) is 1.38. The molecule has 3 heteroatoms. The van der Waals surface area contributed by atoms with Gasteiger partial charge in [-0.25, -0.2) is 0 Å². The molecule has 1 aliphatic rings. The quantitative estimate of drug-likeness (QED) is 0.688. The van der Waals surface area contributed by atoms with Gasteiger partial charge in [0, 0.05) is 5.56 Å². The van der Waals surface area contributed by atoms with Crippen LogP contribution >= 0.6 is 11.6 Å². The van der Waals surface area contributed by atoms with Crippen molar-refractivity contribution in [1.29, 1.82) is 0 Å². The van der Waals surface area contributed by atoms with Crippen LogP contribution in [0.25, 0.3) is 5.03 Å². The maximum Gasteiger partial charge on any atom is 0.170 e. The van der Waals surface area contributed by atoms with Crippen LogP contribution in [-0.4, -0.2) is 13.7 Å². The van der Waals surface area contributed by atoms with Crippen molar-refractivity contribution < 1.29 is 9.47 Å². The molecule has 0 saturated carbocycles. The summed E-state index contributed by atoms with van der Waals surface area (Å²) in [4.78, 5) is 0. The first kappa shape index (κ1) is 8.45. The van der Waals surface area contributed by atoms with E-state index >= 15 is 0 Å². The molecular weight excluding hydrogens is 188 g/mol. The standard InChI is InChI=1S/C10H9ClO2/c1-12-9-4-2-3-7-8(11)5-6-13-10(7)9/h2-5H,6H2,1H3. The molecular formula is C10H9ClO2. The van der Waals surface area contributed by atoms with Gasteiger partial charge in [-0.3, -0.25) is 0 Å². The molecule has 68 valence electrons. The normalized spacial score (nSPS) is 14.2. The molecule has 0 aromatic heterocycles. The van der Waals surface area contributed by atoms with Gasteiger partial charge in [0.05, 0.1) is 12.1 Å². The molecule has 0 atom stereocenters. The van der Waals surface area contributed by atoms with Crippen LogP contribution in [0.3, 0.4) is 0 Å². The first-order valence-corrected chi connectivity index (χ1v) is 4.36. The second-order valence-electron chi connectivity index (χ2n) is 2.70. The summed E-state index contributed by atoms with van der Waals surface area (Å²) in [6.07, 6.45) is 1.84. The van der Waals surface area contributed by atoms with Gasteiger partial charge in [0.25, 0.3) is 0 Å². The molecule has 1 heterocycles. The van der Waals surface area contributed by atoms with Crippen LogP contribution in [0.1, 0.15) is 5.56 Å². The molecule has 0 spiro atoms. The van der Waals surface area contributed by atoms with Crippen LogP contribution in [0.2, 0.25) is 0 Å². The zero-order chi connectivity index (χ0) is 9.26. The minimum Gasteiger partial charge on any atom is -0.493 e. The third-order valence-electron chi connectivity index (χ3n) is 1.95. The number of ether oxygens (including phenoxy) is 2. The van der Waals surface area contributed by atoms with E-state index in [2.05, 4.69) is 0 Å². The molecule has 0 bridgehead atoms. The van der Waals surface area contributed by atoms with E-state index in [1.165, 1.54) is 0 Å². The Kier molecular flexibility index (Phi) is 2.15. The Balaban J connectivity index is 2.57. The summed E-state index contributed by atoms with van der Waals surface area (Å²) in [5, 5.41) is 0.722. The van der Waals surface area contributed by atoms with Crippen molar-refractivity contribution in [2.24, 2.45) is 0 Å². The summed E-state index contributed by atoms with van der Waals surface area (Å²) in [7, 11) is 1.62. The van der Waals surface area contributed by atoms with Crippen LogP contribution in [-0.2, 0) is 0 Å². The number of hydrogen-bond acceptors (Lipinski definition) is 2. The maximum absolute atomic E-state index is 6.00. The van der Waals surface area contributed by atoms with Gasteiger partial charge in [-0.2, -0.15) is 0 Å². The fourth-order valence-electron chi connectivity index (χ4n) is 1.32. The molecule has 0 N–H and O–H groups in total. The first-order valence-electron chi connectivity index (χ1n) is 3.99. The van der Waals surface area contributed by atoms with Gasteiger partial charge in [-0.1, -0.05) is 17.7 Å². The summed E-state index contributed by atoms with van der Waals surface area (Å²) < 4.78 is 10.6. The van der Waals surface area contributed by atoms with Crippen molar-refractivity contribution in [3.8, 4) is 11.5 Å². The van der Waals surface area contributed by atoms with Gasteiger partial charge in [0.15, 0.2) is 11.5 Å². The summed E-state index contributed by atoms with van der Waals surface area (Å²) in [5.41, 5.74) is 0.896. The minimum absolute atomic E-state index is 0.506. The zero-order valence-corrected chi connectivity index (χ0v) is 7.97. The first-order chi connectivity index (χ1) is 6.33. The van der Waals surface area contributed by atoms with E-state index in [1.54, 1.807) is 7.11 Å². The van der Waals surface area contributed by atoms with E-state index in [1.807, 2.05) is 24.3 Å². The number of benzene rings is 1. The van der Waals surface area contributed by atoms with Crippen molar-refractivity contribution in [3.05, 3.63) is 29.8 Å². The second kappa shape index (κ2) is 3.30. The molecule has 1 aliphatic heterocycles. The number of fused-ring (bicyclic) bond motifs is 1. The Hall–Kier alpha value is -1.15. The van der Waals surface area contributed by atoms with Gasteiger partial charge in [-0.15, -0.1) is 0 Å². The Morgan fingerprint density at radius 3 is 3.08 bits per heavy atom. The van der Waals surface area contributed by atoms with Gasteiger partial charge >= 0.3 is 0 Å². The van der Waals surface area contributed by atoms with E-state index in [9.17, 15) is 0 Å². The predicted molar refractivity (Wildman–Crippen MR) is 52.3 cm³/mol. The van der Waals surface area contributed by atoms with E-state index in [0.717, 1.165) is 22.1 Å². The SMILES string of the molecule is COc1cccc2c1OCC=C2Cl. The van der Waals surface area contributed by atoms with Gasteiger partial charge in [0.1, 0.15) is 6.61 Å². The molecule has 0 amide bonds. The lowest BCUT2D eigenvalue weighted by Crippen LogP contribution is -2.03. The van der Waals surface area contributed by atoms with Crippen molar-refractivity contribution in [2.45, 2.75) is 0 Å². The molecule has 0 saturated heterocycles. The lowest BCUT2D eigenvalue weighted by molar-refractivity contribution is 0.322. The highest BCUT2D eigenvalue weighted by molar-refractivity contribution is 6.49. The number of para-hydroxylation sites is 1. The lowest BCUT2D eigenvalue weighted by Gasteiger charge is -2.17. The average Bonchev–Trinajstić information content (AvgIpc) is 2.18. The van der Waals surface area contributed by atoms with Crippen molar-refractivity contribution in [2.75, 3.05) is 13.7 Å². The number of hydrogen-bond donors (Lipinski definition) is 0. The van der Waals surface area contributed by atoms with Crippen molar-refractivity contribution >= 4 is 16.6 Å². The van der Waals surface area contributed by atoms with E-state index in [-0.39, 0.29) is 0 Å². The highest BCUT2D eigenvalue weighted by atomic mass is 35.5. The Morgan fingerprint density at radius 2 is 2.31 bits per heavy atom. The Labute approximate surface area is 81.7 Å². The van der Waals surface area contributed by atoms with Crippen LogP contribution in [0, 0.1) is 0 Å². The molecule has 1 aromatic carbocycles. The topological polar surface area (TPSA) is 18.5 Å². The Bertz CT molecular complexity index is 358. The average molecular weight is 197 g/mol. The summed E-state index contributed by atoms with van der Waals surface area (Å²) in [6.45, 7) is 0.506.